The van der Waals surface area contributed by atoms with E-state index in [9.17, 15) is 9.59 Å². The van der Waals surface area contributed by atoms with Crippen LogP contribution in [-0.2, 0) is 16.1 Å². The Balaban J connectivity index is 1.60. The first-order valence-electron chi connectivity index (χ1n) is 7.27. The second-order valence-electron chi connectivity index (χ2n) is 5.69. The van der Waals surface area contributed by atoms with Crippen molar-refractivity contribution in [3.05, 3.63) is 18.0 Å². The molecule has 3 rings (SSSR count). The van der Waals surface area contributed by atoms with Crippen molar-refractivity contribution in [2.45, 2.75) is 32.4 Å². The molecule has 7 heteroatoms. The SMILES string of the molecule is Cc1cnn(C[C@@H]2CCCN2C(=O)CN2CSCC2=O)c1. The molecule has 0 bridgehead atoms. The molecule has 21 heavy (non-hydrogen) atoms. The Kier molecular flexibility index (Phi) is 4.19. The summed E-state index contributed by atoms with van der Waals surface area (Å²) in [7, 11) is 0. The largest absolute Gasteiger partial charge is 0.336 e. The van der Waals surface area contributed by atoms with E-state index in [0.29, 0.717) is 11.6 Å². The molecule has 1 aromatic heterocycles. The molecule has 1 aromatic rings. The topological polar surface area (TPSA) is 58.4 Å². The van der Waals surface area contributed by atoms with Crippen molar-refractivity contribution in [1.29, 1.82) is 0 Å². The van der Waals surface area contributed by atoms with Gasteiger partial charge in [0.2, 0.25) is 11.8 Å². The number of carbonyl (C=O) groups is 2. The zero-order valence-corrected chi connectivity index (χ0v) is 13.0. The second kappa shape index (κ2) is 6.09. The Labute approximate surface area is 128 Å². The Morgan fingerprint density at radius 1 is 1.52 bits per heavy atom. The molecule has 2 amide bonds. The Morgan fingerprint density at radius 3 is 3.05 bits per heavy atom. The van der Waals surface area contributed by atoms with Crippen LogP contribution < -0.4 is 0 Å². The standard InChI is InChI=1S/C14H20N4O2S/c1-11-5-15-17(6-11)7-12-3-2-4-18(12)13(19)8-16-10-21-9-14(16)20/h5-6,12H,2-4,7-10H2,1H3/t12-/m0/s1. The zero-order valence-electron chi connectivity index (χ0n) is 12.2. The monoisotopic (exact) mass is 308 g/mol. The minimum Gasteiger partial charge on any atom is -0.336 e. The van der Waals surface area contributed by atoms with E-state index < -0.39 is 0 Å². The number of aromatic nitrogens is 2. The average Bonchev–Trinajstić information content (AvgIpc) is 3.14. The van der Waals surface area contributed by atoms with Crippen LogP contribution in [0.15, 0.2) is 12.4 Å². The number of aryl methyl sites for hydroxylation is 1. The highest BCUT2D eigenvalue weighted by atomic mass is 32.2. The minimum absolute atomic E-state index is 0.0669. The molecule has 0 aromatic carbocycles. The van der Waals surface area contributed by atoms with Crippen molar-refractivity contribution in [3.8, 4) is 0 Å². The molecule has 0 spiro atoms. The molecule has 2 fully saturated rings. The van der Waals surface area contributed by atoms with Crippen LogP contribution in [0.5, 0.6) is 0 Å². The summed E-state index contributed by atoms with van der Waals surface area (Å²) in [6.07, 6.45) is 5.87. The van der Waals surface area contributed by atoms with Crippen LogP contribution in [0, 0.1) is 6.92 Å². The van der Waals surface area contributed by atoms with Gasteiger partial charge in [0.25, 0.3) is 0 Å². The number of hydrogen-bond acceptors (Lipinski definition) is 4. The van der Waals surface area contributed by atoms with E-state index in [2.05, 4.69) is 5.10 Å². The molecule has 0 unspecified atom stereocenters. The van der Waals surface area contributed by atoms with E-state index in [0.717, 1.165) is 31.5 Å². The van der Waals surface area contributed by atoms with Gasteiger partial charge in [-0.15, -0.1) is 11.8 Å². The van der Waals surface area contributed by atoms with E-state index >= 15 is 0 Å². The van der Waals surface area contributed by atoms with Crippen molar-refractivity contribution < 1.29 is 9.59 Å². The fourth-order valence-electron chi connectivity index (χ4n) is 2.93. The van der Waals surface area contributed by atoms with Crippen molar-refractivity contribution in [2.24, 2.45) is 0 Å². The number of hydrogen-bond donors (Lipinski definition) is 0. The Bertz CT molecular complexity index is 545. The molecule has 6 nitrogen and oxygen atoms in total. The lowest BCUT2D eigenvalue weighted by molar-refractivity contribution is -0.138. The van der Waals surface area contributed by atoms with E-state index in [1.54, 1.807) is 16.7 Å². The van der Waals surface area contributed by atoms with Crippen molar-refractivity contribution >= 4 is 23.6 Å². The van der Waals surface area contributed by atoms with Gasteiger partial charge in [0.1, 0.15) is 6.54 Å². The third-order valence-electron chi connectivity index (χ3n) is 4.01. The van der Waals surface area contributed by atoms with Gasteiger partial charge < -0.3 is 9.80 Å². The summed E-state index contributed by atoms with van der Waals surface area (Å²) in [5.41, 5.74) is 1.13. The third-order valence-corrected chi connectivity index (χ3v) is 4.95. The van der Waals surface area contributed by atoms with Crippen molar-refractivity contribution in [3.63, 3.8) is 0 Å². The molecular weight excluding hydrogens is 288 g/mol. The fraction of sp³-hybridized carbons (Fsp3) is 0.643. The quantitative estimate of drug-likeness (QED) is 0.822. The number of nitrogens with zero attached hydrogens (tertiary/aromatic N) is 4. The minimum atomic E-state index is 0.0669. The van der Waals surface area contributed by atoms with Gasteiger partial charge in [-0.25, -0.2) is 0 Å². The van der Waals surface area contributed by atoms with E-state index in [1.165, 1.54) is 0 Å². The van der Waals surface area contributed by atoms with Crippen molar-refractivity contribution in [2.75, 3.05) is 24.7 Å². The van der Waals surface area contributed by atoms with Gasteiger partial charge in [-0.1, -0.05) is 0 Å². The molecule has 0 saturated carbocycles. The number of rotatable bonds is 4. The molecule has 0 aliphatic carbocycles. The van der Waals surface area contributed by atoms with Gasteiger partial charge in [0.05, 0.1) is 30.4 Å². The maximum absolute atomic E-state index is 12.4. The highest BCUT2D eigenvalue weighted by molar-refractivity contribution is 8.00. The van der Waals surface area contributed by atoms with Gasteiger partial charge in [0, 0.05) is 12.7 Å². The normalized spacial score (nSPS) is 22.3. The van der Waals surface area contributed by atoms with Crippen LogP contribution in [0.2, 0.25) is 0 Å². The predicted octanol–water partition coefficient (Wildman–Crippen LogP) is 0.715. The molecule has 2 aliphatic heterocycles. The van der Waals surface area contributed by atoms with Crippen LogP contribution in [0.3, 0.4) is 0 Å². The smallest absolute Gasteiger partial charge is 0.242 e. The predicted molar refractivity (Wildman–Crippen MR) is 80.7 cm³/mol. The summed E-state index contributed by atoms with van der Waals surface area (Å²) in [6.45, 7) is 3.76. The van der Waals surface area contributed by atoms with E-state index in [-0.39, 0.29) is 24.4 Å². The summed E-state index contributed by atoms with van der Waals surface area (Å²) in [6, 6.07) is 0.196. The maximum Gasteiger partial charge on any atom is 0.242 e. The number of amides is 2. The van der Waals surface area contributed by atoms with E-state index in [1.807, 2.05) is 28.9 Å². The third kappa shape index (κ3) is 3.23. The van der Waals surface area contributed by atoms with Gasteiger partial charge >= 0.3 is 0 Å². The summed E-state index contributed by atoms with van der Waals surface area (Å²) in [4.78, 5) is 27.6. The van der Waals surface area contributed by atoms with Gasteiger partial charge in [-0.2, -0.15) is 5.10 Å². The number of thioether (sulfide) groups is 1. The first-order valence-corrected chi connectivity index (χ1v) is 8.43. The molecule has 2 saturated heterocycles. The van der Waals surface area contributed by atoms with Crippen molar-refractivity contribution in [1.82, 2.24) is 19.6 Å². The first kappa shape index (κ1) is 14.4. The summed E-state index contributed by atoms with van der Waals surface area (Å²) in [5.74, 6) is 1.29. The van der Waals surface area contributed by atoms with E-state index in [4.69, 9.17) is 0 Å². The fourth-order valence-corrected chi connectivity index (χ4v) is 3.84. The lowest BCUT2D eigenvalue weighted by Crippen LogP contribution is -2.44. The Hall–Kier alpha value is -1.50. The molecule has 1 atom stereocenters. The summed E-state index contributed by atoms with van der Waals surface area (Å²) in [5, 5.41) is 4.30. The average molecular weight is 308 g/mol. The van der Waals surface area contributed by atoms with Gasteiger partial charge in [0.15, 0.2) is 0 Å². The second-order valence-corrected chi connectivity index (χ2v) is 6.65. The van der Waals surface area contributed by atoms with Crippen LogP contribution in [0.25, 0.3) is 0 Å². The van der Waals surface area contributed by atoms with Crippen LogP contribution in [-0.4, -0.2) is 62.2 Å². The maximum atomic E-state index is 12.4. The molecule has 2 aliphatic rings. The summed E-state index contributed by atoms with van der Waals surface area (Å²) < 4.78 is 1.91. The molecule has 0 N–H and O–H groups in total. The molecule has 0 radical (unpaired) electrons. The first-order chi connectivity index (χ1) is 10.1. The zero-order chi connectivity index (χ0) is 14.8. The molecule has 3 heterocycles. The molecular formula is C14H20N4O2S. The van der Waals surface area contributed by atoms with Crippen LogP contribution in [0.4, 0.5) is 0 Å². The number of carbonyl (C=O) groups excluding carboxylic acids is 2. The van der Waals surface area contributed by atoms with Crippen LogP contribution >= 0.6 is 11.8 Å². The lowest BCUT2D eigenvalue weighted by Gasteiger charge is -2.26. The van der Waals surface area contributed by atoms with Gasteiger partial charge in [-0.3, -0.25) is 14.3 Å². The van der Waals surface area contributed by atoms with Gasteiger partial charge in [-0.05, 0) is 25.3 Å². The number of likely N-dealkylation sites (tertiary alicyclic amines) is 1. The highest BCUT2D eigenvalue weighted by Crippen LogP contribution is 2.21. The Morgan fingerprint density at radius 2 is 2.38 bits per heavy atom. The summed E-state index contributed by atoms with van der Waals surface area (Å²) >= 11 is 1.57. The highest BCUT2D eigenvalue weighted by Gasteiger charge is 2.32. The lowest BCUT2D eigenvalue weighted by atomic mass is 10.2. The molecule has 114 valence electrons. The van der Waals surface area contributed by atoms with Crippen LogP contribution in [0.1, 0.15) is 18.4 Å².